The van der Waals surface area contributed by atoms with Gasteiger partial charge in [-0.05, 0) is 44.2 Å². The van der Waals surface area contributed by atoms with Crippen LogP contribution in [0.1, 0.15) is 31.7 Å². The van der Waals surface area contributed by atoms with Crippen molar-refractivity contribution < 1.29 is 19.4 Å². The van der Waals surface area contributed by atoms with E-state index in [-0.39, 0.29) is 17.3 Å². The van der Waals surface area contributed by atoms with Gasteiger partial charge >= 0.3 is 0 Å². The van der Waals surface area contributed by atoms with E-state index in [2.05, 4.69) is 6.58 Å². The molecule has 0 aromatic heterocycles. The van der Waals surface area contributed by atoms with E-state index in [1.807, 2.05) is 19.9 Å². The number of phenols is 1. The average Bonchev–Trinajstić information content (AvgIpc) is 2.57. The zero-order chi connectivity index (χ0) is 18.7. The van der Waals surface area contributed by atoms with Gasteiger partial charge in [-0.3, -0.25) is 9.59 Å². The molecule has 1 N–H and O–H groups in total. The maximum Gasteiger partial charge on any atom is 0.201 e. The van der Waals surface area contributed by atoms with Crippen LogP contribution in [0.5, 0.6) is 11.5 Å². The first kappa shape index (κ1) is 16.6. The third kappa shape index (κ3) is 1.96. The predicted molar refractivity (Wildman–Crippen MR) is 98.1 cm³/mol. The summed E-state index contributed by atoms with van der Waals surface area (Å²) in [6.07, 6.45) is 8.60. The van der Waals surface area contributed by atoms with Crippen molar-refractivity contribution in [2.45, 2.75) is 31.8 Å². The first-order valence-electron chi connectivity index (χ1n) is 8.61. The van der Waals surface area contributed by atoms with Crippen LogP contribution in [0.2, 0.25) is 0 Å². The number of phenolic OH excluding ortho intramolecular Hbond substituents is 1. The van der Waals surface area contributed by atoms with Crippen LogP contribution < -0.4 is 4.74 Å². The number of hydrogen-bond donors (Lipinski definition) is 1. The summed E-state index contributed by atoms with van der Waals surface area (Å²) < 4.78 is 6.28. The minimum atomic E-state index is -1.31. The molecule has 0 spiro atoms. The van der Waals surface area contributed by atoms with Gasteiger partial charge in [-0.1, -0.05) is 36.0 Å². The van der Waals surface area contributed by atoms with E-state index in [9.17, 15) is 14.7 Å². The molecule has 2 bridgehead atoms. The van der Waals surface area contributed by atoms with Gasteiger partial charge in [0, 0.05) is 17.9 Å². The monoisotopic (exact) mass is 348 g/mol. The number of ketones is 2. The molecule has 4 rings (SSSR count). The second kappa shape index (κ2) is 5.31. The van der Waals surface area contributed by atoms with Crippen LogP contribution in [0.4, 0.5) is 0 Å². The summed E-state index contributed by atoms with van der Waals surface area (Å²) >= 11 is 0. The van der Waals surface area contributed by atoms with Crippen molar-refractivity contribution in [3.8, 4) is 11.5 Å². The zero-order valence-electron chi connectivity index (χ0n) is 14.8. The second-order valence-electron chi connectivity index (χ2n) is 7.43. The first-order valence-corrected chi connectivity index (χ1v) is 8.61. The Morgan fingerprint density at radius 1 is 1.31 bits per heavy atom. The molecule has 26 heavy (non-hydrogen) atoms. The molecule has 0 saturated carbocycles. The fraction of sp³-hybridized carbons (Fsp3) is 0.273. The molecular weight excluding hydrogens is 328 g/mol. The second-order valence-corrected chi connectivity index (χ2v) is 7.43. The van der Waals surface area contributed by atoms with Crippen LogP contribution in [0.25, 0.3) is 0 Å². The molecule has 1 aliphatic heterocycles. The highest BCUT2D eigenvalue weighted by atomic mass is 16.5. The summed E-state index contributed by atoms with van der Waals surface area (Å²) in [5.74, 6) is -0.144. The molecule has 3 atom stereocenters. The molecule has 0 fully saturated rings. The number of carbonyl (C=O) groups is 2. The number of fused-ring (bicyclic) bond motifs is 2. The van der Waals surface area contributed by atoms with E-state index < -0.39 is 16.9 Å². The van der Waals surface area contributed by atoms with Crippen LogP contribution in [0.3, 0.4) is 0 Å². The topological polar surface area (TPSA) is 63.6 Å². The standard InChI is InChI=1S/C22H20O4/c1-13(2)8-9-21-17-10-14(3)12-22(21,20(25)7-6-19(21)24)26-18-5-4-15(23)11-16(17)18/h4-11,17,23H,1,12H2,2-3H3/t17-,21-,22+/m0/s1. The molecule has 1 aromatic carbocycles. The van der Waals surface area contributed by atoms with Crippen molar-refractivity contribution >= 4 is 11.6 Å². The Morgan fingerprint density at radius 3 is 2.77 bits per heavy atom. The Morgan fingerprint density at radius 2 is 2.04 bits per heavy atom. The number of ether oxygens (including phenoxy) is 1. The molecule has 3 aliphatic rings. The van der Waals surface area contributed by atoms with Gasteiger partial charge in [0.25, 0.3) is 0 Å². The predicted octanol–water partition coefficient (Wildman–Crippen LogP) is 3.78. The van der Waals surface area contributed by atoms with E-state index in [1.54, 1.807) is 24.3 Å². The molecule has 0 amide bonds. The van der Waals surface area contributed by atoms with E-state index in [0.29, 0.717) is 17.7 Å². The van der Waals surface area contributed by atoms with Gasteiger partial charge in [-0.15, -0.1) is 0 Å². The van der Waals surface area contributed by atoms with E-state index in [4.69, 9.17) is 4.74 Å². The molecule has 1 heterocycles. The molecule has 2 aliphatic carbocycles. The molecule has 0 radical (unpaired) electrons. The summed E-state index contributed by atoms with van der Waals surface area (Å²) in [6.45, 7) is 7.66. The molecule has 132 valence electrons. The largest absolute Gasteiger partial charge is 0.508 e. The quantitative estimate of drug-likeness (QED) is 0.652. The lowest BCUT2D eigenvalue weighted by molar-refractivity contribution is -0.156. The zero-order valence-corrected chi connectivity index (χ0v) is 14.8. The Balaban J connectivity index is 2.10. The average molecular weight is 348 g/mol. The Bertz CT molecular complexity index is 949. The van der Waals surface area contributed by atoms with Crippen molar-refractivity contribution in [3.05, 3.63) is 71.9 Å². The Kier molecular flexibility index (Phi) is 3.38. The third-order valence-corrected chi connectivity index (χ3v) is 5.57. The summed E-state index contributed by atoms with van der Waals surface area (Å²) in [4.78, 5) is 26.3. The lowest BCUT2D eigenvalue weighted by atomic mass is 9.50. The van der Waals surface area contributed by atoms with Gasteiger partial charge in [0.15, 0.2) is 11.4 Å². The van der Waals surface area contributed by atoms with E-state index in [1.165, 1.54) is 18.2 Å². The van der Waals surface area contributed by atoms with Gasteiger partial charge in [0.1, 0.15) is 16.9 Å². The Labute approximate surface area is 152 Å². The lowest BCUT2D eigenvalue weighted by Crippen LogP contribution is -2.67. The molecule has 0 unspecified atom stereocenters. The number of carbonyl (C=O) groups excluding carboxylic acids is 2. The first-order chi connectivity index (χ1) is 12.3. The normalized spacial score (nSPS) is 31.9. The lowest BCUT2D eigenvalue weighted by Gasteiger charge is -2.56. The third-order valence-electron chi connectivity index (χ3n) is 5.57. The fourth-order valence-corrected chi connectivity index (χ4v) is 4.49. The number of rotatable bonds is 2. The molecular formula is C22H20O4. The van der Waals surface area contributed by atoms with Crippen LogP contribution in [0, 0.1) is 5.41 Å². The van der Waals surface area contributed by atoms with Crippen molar-refractivity contribution in [3.63, 3.8) is 0 Å². The van der Waals surface area contributed by atoms with Crippen LogP contribution >= 0.6 is 0 Å². The number of hydrogen-bond acceptors (Lipinski definition) is 4. The minimum absolute atomic E-state index is 0.0978. The van der Waals surface area contributed by atoms with Gasteiger partial charge in [0.05, 0.1) is 0 Å². The fourth-order valence-electron chi connectivity index (χ4n) is 4.49. The molecule has 4 heteroatoms. The van der Waals surface area contributed by atoms with Crippen molar-refractivity contribution in [1.82, 2.24) is 0 Å². The van der Waals surface area contributed by atoms with Gasteiger partial charge in [0.2, 0.25) is 5.78 Å². The molecule has 1 aromatic rings. The summed E-state index contributed by atoms with van der Waals surface area (Å²) in [5.41, 5.74) is -0.0110. The van der Waals surface area contributed by atoms with Crippen molar-refractivity contribution in [1.29, 1.82) is 0 Å². The smallest absolute Gasteiger partial charge is 0.201 e. The minimum Gasteiger partial charge on any atom is -0.508 e. The highest BCUT2D eigenvalue weighted by Gasteiger charge is 2.68. The summed E-state index contributed by atoms with van der Waals surface area (Å²) in [5, 5.41) is 9.99. The number of benzene rings is 1. The Hall–Kier alpha value is -2.88. The highest BCUT2D eigenvalue weighted by molar-refractivity contribution is 6.15. The van der Waals surface area contributed by atoms with E-state index in [0.717, 1.165) is 11.1 Å². The van der Waals surface area contributed by atoms with Gasteiger partial charge < -0.3 is 9.84 Å². The molecule has 4 nitrogen and oxygen atoms in total. The van der Waals surface area contributed by atoms with Crippen LogP contribution in [-0.2, 0) is 9.59 Å². The van der Waals surface area contributed by atoms with Crippen molar-refractivity contribution in [2.24, 2.45) is 5.41 Å². The van der Waals surface area contributed by atoms with Gasteiger partial charge in [-0.25, -0.2) is 0 Å². The summed E-state index contributed by atoms with van der Waals surface area (Å²) in [6, 6.07) is 4.81. The van der Waals surface area contributed by atoms with Crippen LogP contribution in [-0.4, -0.2) is 22.3 Å². The molecule has 0 saturated heterocycles. The number of aromatic hydroxyl groups is 1. The van der Waals surface area contributed by atoms with Crippen molar-refractivity contribution in [2.75, 3.05) is 0 Å². The maximum atomic E-state index is 13.2. The van der Waals surface area contributed by atoms with E-state index >= 15 is 0 Å². The summed E-state index contributed by atoms with van der Waals surface area (Å²) in [7, 11) is 0. The number of allylic oxidation sites excluding steroid dienone is 4. The van der Waals surface area contributed by atoms with Gasteiger partial charge in [-0.2, -0.15) is 0 Å². The SMILES string of the molecule is C=C(C)C=C[C@]12C(=O)C=CC(=O)[C@]13CC(C)=C[C@H]2c1cc(O)ccc1O3. The van der Waals surface area contributed by atoms with Crippen LogP contribution in [0.15, 0.2) is 66.3 Å². The highest BCUT2D eigenvalue weighted by Crippen LogP contribution is 2.62. The maximum absolute atomic E-state index is 13.2.